The number of carbonyl (C=O) groups excluding carboxylic acids is 1. The quantitative estimate of drug-likeness (QED) is 0.810. The third kappa shape index (κ3) is 3.83. The van der Waals surface area contributed by atoms with Gasteiger partial charge in [0.05, 0.1) is 0 Å². The lowest BCUT2D eigenvalue weighted by atomic mass is 9.88. The Kier molecular flexibility index (Phi) is 4.50. The van der Waals surface area contributed by atoms with E-state index in [-0.39, 0.29) is 5.69 Å². The number of urea groups is 1. The predicted molar refractivity (Wildman–Crippen MR) is 68.2 cm³/mol. The van der Waals surface area contributed by atoms with Crippen molar-refractivity contribution in [2.45, 2.75) is 38.2 Å². The van der Waals surface area contributed by atoms with Crippen molar-refractivity contribution in [3.05, 3.63) is 30.1 Å². The Balaban J connectivity index is 2.90. The van der Waals surface area contributed by atoms with Gasteiger partial charge in [-0.05, 0) is 31.2 Å². The Morgan fingerprint density at radius 1 is 0.952 bits per heavy atom. The van der Waals surface area contributed by atoms with Crippen molar-refractivity contribution >= 4 is 11.7 Å². The molecule has 0 radical (unpaired) electrons. The molecule has 0 aromatic heterocycles. The second-order valence-electron chi connectivity index (χ2n) is 4.99. The monoisotopic (exact) mass is 310 g/mol. The fourth-order valence-electron chi connectivity index (χ4n) is 1.53. The highest BCUT2D eigenvalue weighted by Gasteiger charge is 2.61. The summed E-state index contributed by atoms with van der Waals surface area (Å²) < 4.78 is 66.5. The first kappa shape index (κ1) is 17.2. The fraction of sp³-hybridized carbons (Fsp3) is 0.462. The average Bonchev–Trinajstić information content (AvgIpc) is 2.29. The first-order chi connectivity index (χ1) is 9.37. The van der Waals surface area contributed by atoms with Crippen molar-refractivity contribution in [2.24, 2.45) is 0 Å². The molecule has 0 aliphatic carbocycles. The van der Waals surface area contributed by atoms with Crippen molar-refractivity contribution in [3.63, 3.8) is 0 Å². The Morgan fingerprint density at radius 3 is 1.76 bits per heavy atom. The molecule has 3 nitrogen and oxygen atoms in total. The van der Waals surface area contributed by atoms with Gasteiger partial charge in [-0.3, -0.25) is 0 Å². The van der Waals surface area contributed by atoms with Crippen molar-refractivity contribution in [3.8, 4) is 0 Å². The third-order valence-electron chi connectivity index (χ3n) is 3.22. The van der Waals surface area contributed by atoms with Gasteiger partial charge in [0.2, 0.25) is 0 Å². The molecule has 0 saturated carbocycles. The average molecular weight is 310 g/mol. The molecule has 21 heavy (non-hydrogen) atoms. The maximum Gasteiger partial charge on any atom is 0.320 e. The summed E-state index contributed by atoms with van der Waals surface area (Å²) >= 11 is 0. The van der Waals surface area contributed by atoms with Crippen molar-refractivity contribution < 1.29 is 26.7 Å². The molecule has 8 heteroatoms. The molecule has 1 aromatic rings. The van der Waals surface area contributed by atoms with E-state index in [4.69, 9.17) is 0 Å². The molecule has 0 aliphatic heterocycles. The van der Waals surface area contributed by atoms with Gasteiger partial charge < -0.3 is 10.6 Å². The molecule has 0 unspecified atom stereocenters. The summed E-state index contributed by atoms with van der Waals surface area (Å²) in [7, 11) is 0. The minimum atomic E-state index is -3.87. The van der Waals surface area contributed by atoms with Gasteiger partial charge in [0.25, 0.3) is 11.8 Å². The molecule has 0 fully saturated rings. The highest BCUT2D eigenvalue weighted by molar-refractivity contribution is 5.89. The minimum Gasteiger partial charge on any atom is -0.321 e. The summed E-state index contributed by atoms with van der Waals surface area (Å²) in [5.41, 5.74) is -3.00. The van der Waals surface area contributed by atoms with E-state index in [1.807, 2.05) is 0 Å². The number of amides is 2. The second-order valence-corrected chi connectivity index (χ2v) is 4.99. The van der Waals surface area contributed by atoms with Crippen molar-refractivity contribution in [1.29, 1.82) is 0 Å². The summed E-state index contributed by atoms with van der Waals surface area (Å²) in [6.07, 6.45) is 0. The van der Waals surface area contributed by atoms with Gasteiger partial charge in [0, 0.05) is 19.5 Å². The topological polar surface area (TPSA) is 41.1 Å². The molecule has 0 atom stereocenters. The van der Waals surface area contributed by atoms with Crippen LogP contribution in [0.1, 0.15) is 20.8 Å². The van der Waals surface area contributed by atoms with E-state index in [1.54, 1.807) is 5.32 Å². The minimum absolute atomic E-state index is 0.0788. The Morgan fingerprint density at radius 2 is 1.38 bits per heavy atom. The molecule has 2 amide bonds. The first-order valence-corrected chi connectivity index (χ1v) is 5.97. The second kappa shape index (κ2) is 5.50. The van der Waals surface area contributed by atoms with Crippen molar-refractivity contribution in [1.82, 2.24) is 5.32 Å². The van der Waals surface area contributed by atoms with E-state index in [2.05, 4.69) is 5.32 Å². The van der Waals surface area contributed by atoms with Crippen LogP contribution < -0.4 is 10.6 Å². The Bertz CT molecular complexity index is 491. The Labute approximate surface area is 118 Å². The highest BCUT2D eigenvalue weighted by atomic mass is 19.3. The summed E-state index contributed by atoms with van der Waals surface area (Å²) in [5, 5.41) is 3.68. The Hall–Kier alpha value is -1.86. The summed E-state index contributed by atoms with van der Waals surface area (Å²) in [6.45, 7) is 1.14. The third-order valence-corrected chi connectivity index (χ3v) is 3.22. The lowest BCUT2D eigenvalue weighted by molar-refractivity contribution is -0.173. The molecule has 0 bridgehead atoms. The molecule has 0 spiro atoms. The number of alkyl halides is 4. The van der Waals surface area contributed by atoms with Crippen LogP contribution in [-0.2, 0) is 0 Å². The van der Waals surface area contributed by atoms with Gasteiger partial charge in [-0.2, -0.15) is 0 Å². The van der Waals surface area contributed by atoms with E-state index < -0.39 is 29.2 Å². The molecule has 2 N–H and O–H groups in total. The van der Waals surface area contributed by atoms with Crippen LogP contribution in [0.15, 0.2) is 24.3 Å². The van der Waals surface area contributed by atoms with Crippen LogP contribution in [0.3, 0.4) is 0 Å². The van der Waals surface area contributed by atoms with Crippen LogP contribution in [0.25, 0.3) is 0 Å². The molecular formula is C13H15F5N2O. The van der Waals surface area contributed by atoms with Crippen molar-refractivity contribution in [2.75, 3.05) is 5.32 Å². The number of anilines is 1. The van der Waals surface area contributed by atoms with Crippen LogP contribution in [0.5, 0.6) is 0 Å². The summed E-state index contributed by atoms with van der Waals surface area (Å²) in [5.74, 6) is -8.30. The number of halogens is 5. The molecular weight excluding hydrogens is 295 g/mol. The standard InChI is InChI=1S/C13H15F5N2O/c1-11(12(2,15)16,13(3,17)18)20-10(21)19-9-6-4-8(14)5-7-9/h4-7H,1-3H3,(H2,19,20,21). The number of carbonyl (C=O) groups is 1. The van der Waals surface area contributed by atoms with Gasteiger partial charge in [-0.1, -0.05) is 0 Å². The fourth-order valence-corrected chi connectivity index (χ4v) is 1.53. The molecule has 0 saturated heterocycles. The zero-order valence-electron chi connectivity index (χ0n) is 11.6. The molecule has 0 heterocycles. The maximum atomic E-state index is 13.4. The number of nitrogens with one attached hydrogen (secondary N) is 2. The normalized spacial score (nSPS) is 13.0. The van der Waals surface area contributed by atoms with Crippen LogP contribution in [0.2, 0.25) is 0 Å². The highest BCUT2D eigenvalue weighted by Crippen LogP contribution is 2.40. The van der Waals surface area contributed by atoms with Crippen LogP contribution in [-0.4, -0.2) is 23.4 Å². The zero-order valence-corrected chi connectivity index (χ0v) is 11.6. The van der Waals surface area contributed by atoms with E-state index in [9.17, 15) is 26.7 Å². The number of benzene rings is 1. The SMILES string of the molecule is CC(F)(F)C(C)(NC(=O)Nc1ccc(F)cc1)C(C)(F)F. The first-order valence-electron chi connectivity index (χ1n) is 5.97. The zero-order chi connectivity index (χ0) is 16.5. The lowest BCUT2D eigenvalue weighted by Crippen LogP contribution is -2.67. The largest absolute Gasteiger partial charge is 0.321 e. The van der Waals surface area contributed by atoms with Gasteiger partial charge in [0.15, 0.2) is 5.54 Å². The predicted octanol–water partition coefficient (Wildman–Crippen LogP) is 4.02. The molecule has 118 valence electrons. The van der Waals surface area contributed by atoms with Crippen LogP contribution in [0, 0.1) is 5.82 Å². The number of hydrogen-bond acceptors (Lipinski definition) is 1. The van der Waals surface area contributed by atoms with Gasteiger partial charge >= 0.3 is 6.03 Å². The lowest BCUT2D eigenvalue weighted by Gasteiger charge is -2.40. The molecule has 1 aromatic carbocycles. The van der Waals surface area contributed by atoms with E-state index in [0.717, 1.165) is 12.1 Å². The number of rotatable bonds is 4. The van der Waals surface area contributed by atoms with Gasteiger partial charge in [-0.15, -0.1) is 0 Å². The van der Waals surface area contributed by atoms with E-state index >= 15 is 0 Å². The smallest absolute Gasteiger partial charge is 0.320 e. The van der Waals surface area contributed by atoms with Gasteiger partial charge in [0.1, 0.15) is 5.82 Å². The van der Waals surface area contributed by atoms with Crippen LogP contribution in [0.4, 0.5) is 32.4 Å². The van der Waals surface area contributed by atoms with Gasteiger partial charge in [-0.25, -0.2) is 26.7 Å². The van der Waals surface area contributed by atoms with E-state index in [1.165, 1.54) is 12.1 Å². The number of hydrogen-bond donors (Lipinski definition) is 2. The summed E-state index contributed by atoms with van der Waals surface area (Å²) in [6, 6.07) is 3.14. The molecule has 1 rings (SSSR count). The van der Waals surface area contributed by atoms with E-state index in [0.29, 0.717) is 20.8 Å². The molecule has 0 aliphatic rings. The van der Waals surface area contributed by atoms with Crippen LogP contribution >= 0.6 is 0 Å². The summed E-state index contributed by atoms with van der Waals surface area (Å²) in [4.78, 5) is 11.6. The maximum absolute atomic E-state index is 13.4.